The summed E-state index contributed by atoms with van der Waals surface area (Å²) in [6, 6.07) is 13.9. The number of hydrogen-bond acceptors (Lipinski definition) is 4. The van der Waals surface area contributed by atoms with Crippen LogP contribution in [-0.2, 0) is 27.3 Å². The quantitative estimate of drug-likeness (QED) is 0.827. The minimum absolute atomic E-state index is 0.0944. The van der Waals surface area contributed by atoms with Crippen LogP contribution in [0.15, 0.2) is 54.6 Å². The van der Waals surface area contributed by atoms with Crippen molar-refractivity contribution >= 4 is 12.1 Å². The number of hydrogen-bond donors (Lipinski definition) is 1. The first kappa shape index (κ1) is 17.5. The molecular weight excluding hydrogens is 313 g/mol. The third-order valence-electron chi connectivity index (χ3n) is 3.34. The summed E-state index contributed by atoms with van der Waals surface area (Å²) >= 11 is 0. The van der Waals surface area contributed by atoms with Crippen LogP contribution in [0.5, 0.6) is 0 Å². The monoisotopic (exact) mass is 331 g/mol. The average Bonchev–Trinajstić information content (AvgIpc) is 2.61. The highest BCUT2D eigenvalue weighted by Crippen LogP contribution is 2.08. The van der Waals surface area contributed by atoms with Crippen molar-refractivity contribution in [1.29, 1.82) is 0 Å². The minimum Gasteiger partial charge on any atom is -0.467 e. The van der Waals surface area contributed by atoms with Gasteiger partial charge in [-0.05, 0) is 23.3 Å². The van der Waals surface area contributed by atoms with Gasteiger partial charge in [-0.25, -0.2) is 14.0 Å². The van der Waals surface area contributed by atoms with Crippen molar-refractivity contribution < 1.29 is 23.5 Å². The van der Waals surface area contributed by atoms with Gasteiger partial charge in [0.05, 0.1) is 7.11 Å². The Morgan fingerprint density at radius 3 is 2.33 bits per heavy atom. The molecule has 0 aliphatic rings. The van der Waals surface area contributed by atoms with Crippen LogP contribution in [0, 0.1) is 5.82 Å². The molecule has 1 N–H and O–H groups in total. The van der Waals surface area contributed by atoms with Gasteiger partial charge in [-0.15, -0.1) is 0 Å². The Bertz CT molecular complexity index is 673. The number of benzene rings is 2. The molecule has 0 fully saturated rings. The number of methoxy groups -OCH3 is 1. The molecule has 5 nitrogen and oxygen atoms in total. The van der Waals surface area contributed by atoms with E-state index in [0.717, 1.165) is 5.56 Å². The molecule has 2 aromatic carbocycles. The standard InChI is InChI=1S/C18H18FNO4/c1-23-17(21)16(11-13-7-9-15(19)10-8-13)20-18(22)24-12-14-5-3-2-4-6-14/h2-10,16H,11-12H2,1H3,(H,20,22)/t16-/m1/s1. The Kier molecular flexibility index (Phi) is 6.31. The molecule has 126 valence electrons. The van der Waals surface area contributed by atoms with E-state index in [1.807, 2.05) is 30.3 Å². The van der Waals surface area contributed by atoms with Gasteiger partial charge in [0, 0.05) is 6.42 Å². The lowest BCUT2D eigenvalue weighted by molar-refractivity contribution is -0.143. The number of ether oxygens (including phenoxy) is 2. The molecule has 1 amide bonds. The fraction of sp³-hybridized carbons (Fsp3) is 0.222. The van der Waals surface area contributed by atoms with Crippen LogP contribution in [0.3, 0.4) is 0 Å². The van der Waals surface area contributed by atoms with Crippen molar-refractivity contribution in [2.45, 2.75) is 19.1 Å². The zero-order valence-corrected chi connectivity index (χ0v) is 13.2. The maximum Gasteiger partial charge on any atom is 0.408 e. The minimum atomic E-state index is -0.913. The lowest BCUT2D eigenvalue weighted by Crippen LogP contribution is -2.43. The second kappa shape index (κ2) is 8.67. The number of carbonyl (C=O) groups excluding carboxylic acids is 2. The molecule has 1 atom stereocenters. The summed E-state index contributed by atoms with van der Waals surface area (Å²) in [6.45, 7) is 0.0944. The molecule has 0 aliphatic heterocycles. The Labute approximate surface area is 139 Å². The third kappa shape index (κ3) is 5.39. The smallest absolute Gasteiger partial charge is 0.408 e. The van der Waals surface area contributed by atoms with Gasteiger partial charge in [-0.2, -0.15) is 0 Å². The Hall–Kier alpha value is -2.89. The molecule has 0 bridgehead atoms. The topological polar surface area (TPSA) is 64.6 Å². The van der Waals surface area contributed by atoms with Crippen LogP contribution in [0.25, 0.3) is 0 Å². The van der Waals surface area contributed by atoms with E-state index >= 15 is 0 Å². The molecule has 0 aliphatic carbocycles. The molecule has 0 unspecified atom stereocenters. The van der Waals surface area contributed by atoms with Gasteiger partial charge in [-0.1, -0.05) is 42.5 Å². The number of halogens is 1. The van der Waals surface area contributed by atoms with Gasteiger partial charge in [0.25, 0.3) is 0 Å². The van der Waals surface area contributed by atoms with Crippen molar-refractivity contribution in [3.8, 4) is 0 Å². The fourth-order valence-corrected chi connectivity index (χ4v) is 2.10. The van der Waals surface area contributed by atoms with Gasteiger partial charge in [0.1, 0.15) is 18.5 Å². The summed E-state index contributed by atoms with van der Waals surface area (Å²) in [5, 5.41) is 2.47. The van der Waals surface area contributed by atoms with Crippen LogP contribution < -0.4 is 5.32 Å². The van der Waals surface area contributed by atoms with E-state index in [4.69, 9.17) is 4.74 Å². The molecule has 24 heavy (non-hydrogen) atoms. The first-order valence-corrected chi connectivity index (χ1v) is 7.38. The van der Waals surface area contributed by atoms with Crippen molar-refractivity contribution in [2.24, 2.45) is 0 Å². The highest BCUT2D eigenvalue weighted by molar-refractivity contribution is 5.81. The molecular formula is C18H18FNO4. The number of rotatable bonds is 6. The van der Waals surface area contributed by atoms with Crippen LogP contribution in [0.2, 0.25) is 0 Å². The maximum absolute atomic E-state index is 12.9. The number of nitrogens with one attached hydrogen (secondary N) is 1. The first-order valence-electron chi connectivity index (χ1n) is 7.38. The highest BCUT2D eigenvalue weighted by atomic mass is 19.1. The summed E-state index contributed by atoms with van der Waals surface area (Å²) in [5.41, 5.74) is 1.52. The number of amides is 1. The highest BCUT2D eigenvalue weighted by Gasteiger charge is 2.22. The Morgan fingerprint density at radius 1 is 1.04 bits per heavy atom. The van der Waals surface area contributed by atoms with E-state index in [1.54, 1.807) is 12.1 Å². The second-order valence-corrected chi connectivity index (χ2v) is 5.11. The van der Waals surface area contributed by atoms with E-state index in [0.29, 0.717) is 5.56 Å². The van der Waals surface area contributed by atoms with Crippen LogP contribution >= 0.6 is 0 Å². The van der Waals surface area contributed by atoms with E-state index in [9.17, 15) is 14.0 Å². The normalized spacial score (nSPS) is 11.4. The van der Waals surface area contributed by atoms with Crippen LogP contribution in [-0.4, -0.2) is 25.2 Å². The van der Waals surface area contributed by atoms with Crippen molar-refractivity contribution in [2.75, 3.05) is 7.11 Å². The summed E-state index contributed by atoms with van der Waals surface area (Å²) in [6.07, 6.45) is -0.552. The fourth-order valence-electron chi connectivity index (χ4n) is 2.10. The predicted octanol–water partition coefficient (Wildman–Crippen LogP) is 2.84. The molecule has 2 aromatic rings. The molecule has 0 heterocycles. The lowest BCUT2D eigenvalue weighted by atomic mass is 10.1. The number of alkyl carbamates (subject to hydrolysis) is 1. The zero-order chi connectivity index (χ0) is 17.4. The Morgan fingerprint density at radius 2 is 1.71 bits per heavy atom. The summed E-state index contributed by atoms with van der Waals surface area (Å²) in [7, 11) is 1.23. The van der Waals surface area contributed by atoms with Crippen LogP contribution in [0.1, 0.15) is 11.1 Å². The first-order chi connectivity index (χ1) is 11.6. The largest absolute Gasteiger partial charge is 0.467 e. The summed E-state index contributed by atoms with van der Waals surface area (Å²) in [5.74, 6) is -0.973. The van der Waals surface area contributed by atoms with E-state index in [1.165, 1.54) is 19.2 Å². The van der Waals surface area contributed by atoms with E-state index < -0.39 is 18.1 Å². The average molecular weight is 331 g/mol. The number of carbonyl (C=O) groups is 2. The molecule has 0 radical (unpaired) electrons. The lowest BCUT2D eigenvalue weighted by Gasteiger charge is -2.16. The van der Waals surface area contributed by atoms with E-state index in [-0.39, 0.29) is 18.8 Å². The Balaban J connectivity index is 1.93. The predicted molar refractivity (Wildman–Crippen MR) is 85.7 cm³/mol. The van der Waals surface area contributed by atoms with Gasteiger partial charge in [-0.3, -0.25) is 0 Å². The van der Waals surface area contributed by atoms with Gasteiger partial charge in [0.2, 0.25) is 0 Å². The van der Waals surface area contributed by atoms with Crippen molar-refractivity contribution in [1.82, 2.24) is 5.32 Å². The SMILES string of the molecule is COC(=O)[C@@H](Cc1ccc(F)cc1)NC(=O)OCc1ccccc1. The van der Waals surface area contributed by atoms with Crippen molar-refractivity contribution in [3.63, 3.8) is 0 Å². The van der Waals surface area contributed by atoms with Crippen molar-refractivity contribution in [3.05, 3.63) is 71.5 Å². The second-order valence-electron chi connectivity index (χ2n) is 5.11. The maximum atomic E-state index is 12.9. The third-order valence-corrected chi connectivity index (χ3v) is 3.34. The zero-order valence-electron chi connectivity index (χ0n) is 13.2. The molecule has 0 saturated heterocycles. The van der Waals surface area contributed by atoms with Crippen LogP contribution in [0.4, 0.5) is 9.18 Å². The van der Waals surface area contributed by atoms with Gasteiger partial charge >= 0.3 is 12.1 Å². The summed E-state index contributed by atoms with van der Waals surface area (Å²) < 4.78 is 22.7. The van der Waals surface area contributed by atoms with E-state index in [2.05, 4.69) is 10.1 Å². The van der Waals surface area contributed by atoms with Gasteiger partial charge in [0.15, 0.2) is 0 Å². The number of esters is 1. The summed E-state index contributed by atoms with van der Waals surface area (Å²) in [4.78, 5) is 23.7. The molecule has 2 rings (SSSR count). The molecule has 0 aromatic heterocycles. The molecule has 6 heteroatoms. The molecule has 0 saturated carbocycles. The molecule has 0 spiro atoms. The van der Waals surface area contributed by atoms with Gasteiger partial charge < -0.3 is 14.8 Å².